The maximum atomic E-state index is 11.7. The number of urea groups is 1. The van der Waals surface area contributed by atoms with Crippen LogP contribution in [0.1, 0.15) is 50.0 Å². The van der Waals surface area contributed by atoms with Crippen LogP contribution < -0.4 is 10.5 Å². The van der Waals surface area contributed by atoms with Crippen molar-refractivity contribution < 1.29 is 9.53 Å². The zero-order valence-electron chi connectivity index (χ0n) is 14.2. The summed E-state index contributed by atoms with van der Waals surface area (Å²) in [7, 11) is 0. The summed E-state index contributed by atoms with van der Waals surface area (Å²) in [5.74, 6) is 0.826. The molecule has 2 aromatic carbocycles. The Bertz CT molecular complexity index is 685. The number of likely N-dealkylation sites (tertiary alicyclic amines) is 1. The second kappa shape index (κ2) is 6.95. The summed E-state index contributed by atoms with van der Waals surface area (Å²) >= 11 is 0. The van der Waals surface area contributed by atoms with E-state index in [9.17, 15) is 4.79 Å². The molecule has 24 heavy (non-hydrogen) atoms. The third kappa shape index (κ3) is 3.37. The highest BCUT2D eigenvalue weighted by atomic mass is 16.5. The first-order valence-electron chi connectivity index (χ1n) is 8.45. The van der Waals surface area contributed by atoms with Gasteiger partial charge in [0.25, 0.3) is 0 Å². The number of nitrogens with two attached hydrogens (primary N) is 1. The van der Waals surface area contributed by atoms with E-state index in [1.54, 1.807) is 4.90 Å². The van der Waals surface area contributed by atoms with Gasteiger partial charge in [-0.3, -0.25) is 0 Å². The van der Waals surface area contributed by atoms with Gasteiger partial charge in [0.05, 0.1) is 6.04 Å². The highest BCUT2D eigenvalue weighted by Crippen LogP contribution is 2.36. The van der Waals surface area contributed by atoms with Gasteiger partial charge in [-0.2, -0.15) is 0 Å². The molecular weight excluding hydrogens is 300 g/mol. The predicted molar refractivity (Wildman–Crippen MR) is 94.8 cm³/mol. The van der Waals surface area contributed by atoms with Crippen molar-refractivity contribution in [3.63, 3.8) is 0 Å². The van der Waals surface area contributed by atoms with Gasteiger partial charge in [-0.25, -0.2) is 4.79 Å². The van der Waals surface area contributed by atoms with E-state index in [0.717, 1.165) is 29.7 Å². The number of rotatable bonds is 4. The van der Waals surface area contributed by atoms with E-state index in [4.69, 9.17) is 10.5 Å². The standard InChI is InChI=1S/C20H24N2O2/c1-14-8-13-19(22(14)20(21)23)17-9-11-18(12-10-17)24-15(2)16-6-4-3-5-7-16/h3-7,9-12,14-15,19H,8,13H2,1-2H3,(H2,21,23)/t14?,15-,19-/m1/s1. The molecule has 0 bridgehead atoms. The quantitative estimate of drug-likeness (QED) is 0.904. The van der Waals surface area contributed by atoms with E-state index in [0.29, 0.717) is 0 Å². The van der Waals surface area contributed by atoms with Crippen molar-refractivity contribution in [1.82, 2.24) is 4.90 Å². The van der Waals surface area contributed by atoms with Crippen LogP contribution >= 0.6 is 0 Å². The van der Waals surface area contributed by atoms with Crippen molar-refractivity contribution in [3.8, 4) is 5.75 Å². The SMILES string of the molecule is CC1CC[C@H](c2ccc(O[C@H](C)c3ccccc3)cc2)N1C(N)=O. The van der Waals surface area contributed by atoms with Crippen LogP contribution in [0, 0.1) is 0 Å². The minimum absolute atomic E-state index is 0.00864. The zero-order chi connectivity index (χ0) is 17.1. The Kier molecular flexibility index (Phi) is 4.74. The Hall–Kier alpha value is -2.49. The maximum Gasteiger partial charge on any atom is 0.315 e. The first kappa shape index (κ1) is 16.4. The molecule has 126 valence electrons. The normalized spacial score (nSPS) is 21.5. The molecule has 4 heteroatoms. The van der Waals surface area contributed by atoms with Crippen LogP contribution in [0.4, 0.5) is 4.79 Å². The van der Waals surface area contributed by atoms with E-state index in [2.05, 4.69) is 12.1 Å². The summed E-state index contributed by atoms with van der Waals surface area (Å²) in [6, 6.07) is 18.1. The van der Waals surface area contributed by atoms with Gasteiger partial charge in [-0.1, -0.05) is 42.5 Å². The van der Waals surface area contributed by atoms with Crippen molar-refractivity contribution >= 4 is 6.03 Å². The second-order valence-corrected chi connectivity index (χ2v) is 6.43. The van der Waals surface area contributed by atoms with Gasteiger partial charge in [-0.05, 0) is 49.9 Å². The molecule has 2 aromatic rings. The minimum Gasteiger partial charge on any atom is -0.486 e. The number of benzene rings is 2. The number of hydrogen-bond acceptors (Lipinski definition) is 2. The van der Waals surface area contributed by atoms with Crippen LogP contribution in [0.15, 0.2) is 54.6 Å². The molecule has 0 aromatic heterocycles. The molecule has 0 spiro atoms. The summed E-state index contributed by atoms with van der Waals surface area (Å²) in [4.78, 5) is 13.5. The Morgan fingerprint density at radius 3 is 2.42 bits per heavy atom. The molecule has 3 rings (SSSR count). The Morgan fingerprint density at radius 2 is 1.79 bits per heavy atom. The van der Waals surface area contributed by atoms with Crippen molar-refractivity contribution in [2.45, 2.75) is 44.9 Å². The van der Waals surface area contributed by atoms with Gasteiger partial charge in [0, 0.05) is 6.04 Å². The summed E-state index contributed by atoms with van der Waals surface area (Å²) in [6.45, 7) is 4.08. The van der Waals surface area contributed by atoms with Gasteiger partial charge >= 0.3 is 6.03 Å². The zero-order valence-corrected chi connectivity index (χ0v) is 14.2. The third-order valence-corrected chi connectivity index (χ3v) is 4.77. The average Bonchev–Trinajstić information content (AvgIpc) is 2.98. The van der Waals surface area contributed by atoms with Crippen molar-refractivity contribution in [2.24, 2.45) is 5.73 Å². The van der Waals surface area contributed by atoms with Crippen molar-refractivity contribution in [3.05, 3.63) is 65.7 Å². The lowest BCUT2D eigenvalue weighted by molar-refractivity contribution is 0.186. The topological polar surface area (TPSA) is 55.6 Å². The molecule has 0 aliphatic carbocycles. The first-order chi connectivity index (χ1) is 11.6. The van der Waals surface area contributed by atoms with E-state index < -0.39 is 0 Å². The molecule has 2 N–H and O–H groups in total. The molecule has 4 nitrogen and oxygen atoms in total. The molecule has 0 saturated carbocycles. The van der Waals surface area contributed by atoms with Crippen LogP contribution in [0.25, 0.3) is 0 Å². The number of carbonyl (C=O) groups excluding carboxylic acids is 1. The smallest absolute Gasteiger partial charge is 0.315 e. The van der Waals surface area contributed by atoms with Crippen LogP contribution in [-0.4, -0.2) is 17.0 Å². The molecule has 1 fully saturated rings. The number of primary amides is 1. The lowest BCUT2D eigenvalue weighted by atomic mass is 10.0. The second-order valence-electron chi connectivity index (χ2n) is 6.43. The summed E-state index contributed by atoms with van der Waals surface area (Å²) in [5.41, 5.74) is 7.79. The molecule has 3 atom stereocenters. The lowest BCUT2D eigenvalue weighted by Gasteiger charge is -2.27. The fourth-order valence-corrected chi connectivity index (χ4v) is 3.45. The predicted octanol–water partition coefficient (Wildman–Crippen LogP) is 4.43. The van der Waals surface area contributed by atoms with Gasteiger partial charge in [0.15, 0.2) is 0 Å². The summed E-state index contributed by atoms with van der Waals surface area (Å²) < 4.78 is 6.01. The van der Waals surface area contributed by atoms with Gasteiger partial charge in [0.1, 0.15) is 11.9 Å². The van der Waals surface area contributed by atoms with Crippen molar-refractivity contribution in [2.75, 3.05) is 0 Å². The third-order valence-electron chi connectivity index (χ3n) is 4.77. The summed E-state index contributed by atoms with van der Waals surface area (Å²) in [5, 5.41) is 0. The molecule has 1 saturated heterocycles. The van der Waals surface area contributed by atoms with Crippen LogP contribution in [0.2, 0.25) is 0 Å². The van der Waals surface area contributed by atoms with Gasteiger partial charge < -0.3 is 15.4 Å². The van der Waals surface area contributed by atoms with Crippen LogP contribution in [-0.2, 0) is 0 Å². The van der Waals surface area contributed by atoms with Crippen molar-refractivity contribution in [1.29, 1.82) is 0 Å². The number of amides is 2. The molecule has 1 heterocycles. The van der Waals surface area contributed by atoms with Crippen LogP contribution in [0.3, 0.4) is 0 Å². The molecule has 2 amide bonds. The summed E-state index contributed by atoms with van der Waals surface area (Å²) in [6.07, 6.45) is 1.92. The minimum atomic E-state index is -0.344. The maximum absolute atomic E-state index is 11.7. The van der Waals surface area contributed by atoms with Gasteiger partial charge in [0.2, 0.25) is 0 Å². The van der Waals surface area contributed by atoms with E-state index in [1.165, 1.54) is 0 Å². The van der Waals surface area contributed by atoms with Crippen LogP contribution in [0.5, 0.6) is 5.75 Å². The van der Waals surface area contributed by atoms with E-state index in [1.807, 2.05) is 56.3 Å². The largest absolute Gasteiger partial charge is 0.486 e. The fraction of sp³-hybridized carbons (Fsp3) is 0.350. The molecule has 0 radical (unpaired) electrons. The Balaban J connectivity index is 1.71. The van der Waals surface area contributed by atoms with E-state index >= 15 is 0 Å². The average molecular weight is 324 g/mol. The highest BCUT2D eigenvalue weighted by Gasteiger charge is 2.33. The number of nitrogens with zero attached hydrogens (tertiary/aromatic N) is 1. The molecule has 1 aliphatic rings. The molecular formula is C20H24N2O2. The van der Waals surface area contributed by atoms with Gasteiger partial charge in [-0.15, -0.1) is 0 Å². The molecule has 1 unspecified atom stereocenters. The van der Waals surface area contributed by atoms with E-state index in [-0.39, 0.29) is 24.2 Å². The Labute approximate surface area is 143 Å². The number of carbonyl (C=O) groups is 1. The number of hydrogen-bond donors (Lipinski definition) is 1. The molecule has 1 aliphatic heterocycles. The number of ether oxygens (including phenoxy) is 1. The fourth-order valence-electron chi connectivity index (χ4n) is 3.45. The first-order valence-corrected chi connectivity index (χ1v) is 8.45. The lowest BCUT2D eigenvalue weighted by Crippen LogP contribution is -2.39. The highest BCUT2D eigenvalue weighted by molar-refractivity contribution is 5.73. The Morgan fingerprint density at radius 1 is 1.12 bits per heavy atom. The monoisotopic (exact) mass is 324 g/mol.